The molecule has 0 aliphatic rings. The van der Waals surface area contributed by atoms with Crippen molar-refractivity contribution in [3.8, 4) is 0 Å². The number of hydrogen-bond donors (Lipinski definition) is 2. The average Bonchev–Trinajstić information content (AvgIpc) is 1.79. The summed E-state index contributed by atoms with van der Waals surface area (Å²) in [4.78, 5) is 38.4. The van der Waals surface area contributed by atoms with Gasteiger partial charge >= 0.3 is 0 Å². The molecular formula is C3H6N3O6P-4. The van der Waals surface area contributed by atoms with Crippen molar-refractivity contribution in [2.75, 3.05) is 6.54 Å². The maximum Gasteiger partial charge on any atom is 0.186 e. The lowest BCUT2D eigenvalue weighted by Gasteiger charge is -2.36. The molecule has 4 N–H and O–H groups in total. The second kappa shape index (κ2) is 6.38. The number of carbonyl (C=O) groups is 1. The highest BCUT2D eigenvalue weighted by Gasteiger charge is 1.79. The van der Waals surface area contributed by atoms with Gasteiger partial charge in [-0.15, -0.1) is 0 Å². The Morgan fingerprint density at radius 2 is 1.62 bits per heavy atom. The van der Waals surface area contributed by atoms with Gasteiger partial charge in [0.05, 0.1) is 12.5 Å². The Morgan fingerprint density at radius 3 is 1.69 bits per heavy atom. The number of carboxylic acid groups (broad SMARTS) is 1. The Morgan fingerprint density at radius 1 is 1.31 bits per heavy atom. The minimum atomic E-state index is -5.39. The fourth-order valence-electron chi connectivity index (χ4n) is 0.156. The fourth-order valence-corrected chi connectivity index (χ4v) is 0.156. The first-order valence-corrected chi connectivity index (χ1v) is 4.07. The summed E-state index contributed by atoms with van der Waals surface area (Å²) < 4.78 is 8.55. The quantitative estimate of drug-likeness (QED) is 0.256. The number of carbonyl (C=O) groups excluding carboxylic acids is 1. The zero-order valence-corrected chi connectivity index (χ0v) is 7.10. The van der Waals surface area contributed by atoms with E-state index in [0.717, 1.165) is 0 Å². The molecule has 9 nitrogen and oxygen atoms in total. The van der Waals surface area contributed by atoms with Gasteiger partial charge < -0.3 is 40.6 Å². The van der Waals surface area contributed by atoms with Crippen molar-refractivity contribution in [1.29, 1.82) is 0 Å². The van der Waals surface area contributed by atoms with Gasteiger partial charge in [-0.25, -0.2) is 4.99 Å². The Hall–Kier alpha value is -1.15. The molecule has 0 aliphatic carbocycles. The number of hydrogen-bond acceptors (Lipinski definition) is 7. The third-order valence-corrected chi connectivity index (χ3v) is 0.391. The van der Waals surface area contributed by atoms with Crippen LogP contribution in [0.25, 0.3) is 0 Å². The molecule has 0 saturated heterocycles. The summed E-state index contributed by atoms with van der Waals surface area (Å²) in [5.74, 6) is -1.53. The van der Waals surface area contributed by atoms with E-state index in [1.807, 2.05) is 0 Å². The number of aliphatic carboxylic acids is 1. The summed E-state index contributed by atoms with van der Waals surface area (Å²) in [6.45, 7) is -0.470. The molecule has 0 aliphatic heterocycles. The molecule has 0 saturated carbocycles. The zero-order chi connectivity index (χ0) is 11.1. The predicted octanol–water partition coefficient (Wildman–Crippen LogP) is -5.81. The summed E-state index contributed by atoms with van der Waals surface area (Å²) >= 11 is 0. The van der Waals surface area contributed by atoms with Crippen LogP contribution in [-0.2, 0) is 9.36 Å². The highest BCUT2D eigenvalue weighted by molar-refractivity contribution is 7.40. The van der Waals surface area contributed by atoms with Gasteiger partial charge in [0.15, 0.2) is 5.96 Å². The average molecular weight is 211 g/mol. The van der Waals surface area contributed by atoms with Gasteiger partial charge in [-0.3, -0.25) is 0 Å². The third-order valence-electron chi connectivity index (χ3n) is 0.391. The minimum Gasteiger partial charge on any atom is -0.822 e. The lowest BCUT2D eigenvalue weighted by molar-refractivity contribution is -0.432. The fraction of sp³-hybridized carbons (Fsp3) is 0.333. The van der Waals surface area contributed by atoms with Crippen LogP contribution in [0, 0.1) is 0 Å². The summed E-state index contributed by atoms with van der Waals surface area (Å²) in [5, 5.41) is 9.57. The topological polar surface area (TPSA) is 191 Å². The van der Waals surface area contributed by atoms with E-state index in [4.69, 9.17) is 30.7 Å². The SMILES string of the molecule is NC(N)=NCC(=O)[O-].O=P([O-])([O-])[O-]. The van der Waals surface area contributed by atoms with Gasteiger partial charge in [0, 0.05) is 0 Å². The van der Waals surface area contributed by atoms with Crippen molar-refractivity contribution >= 4 is 19.8 Å². The first kappa shape index (κ1) is 14.4. The molecule has 0 aromatic carbocycles. The molecule has 0 heterocycles. The molecule has 10 heteroatoms. The Kier molecular flexibility index (Phi) is 7.05. The van der Waals surface area contributed by atoms with Crippen molar-refractivity contribution in [2.24, 2.45) is 16.5 Å². The molecular weight excluding hydrogens is 205 g/mol. The molecule has 13 heavy (non-hydrogen) atoms. The third kappa shape index (κ3) is 57.3. The molecule has 0 unspecified atom stereocenters. The molecule has 0 bridgehead atoms. The van der Waals surface area contributed by atoms with E-state index in [9.17, 15) is 9.90 Å². The van der Waals surface area contributed by atoms with Gasteiger partial charge in [0.25, 0.3) is 0 Å². The van der Waals surface area contributed by atoms with Crippen LogP contribution < -0.4 is 31.3 Å². The van der Waals surface area contributed by atoms with Crippen LogP contribution in [0.3, 0.4) is 0 Å². The van der Waals surface area contributed by atoms with Crippen LogP contribution in [0.4, 0.5) is 0 Å². The van der Waals surface area contributed by atoms with Crippen molar-refractivity contribution in [2.45, 2.75) is 0 Å². The van der Waals surface area contributed by atoms with Gasteiger partial charge in [0.2, 0.25) is 0 Å². The normalized spacial score (nSPS) is 9.46. The summed E-state index contributed by atoms with van der Waals surface area (Å²) in [6.07, 6.45) is 0. The van der Waals surface area contributed by atoms with Crippen LogP contribution >= 0.6 is 7.82 Å². The summed E-state index contributed by atoms with van der Waals surface area (Å²) in [6, 6.07) is 0. The maximum atomic E-state index is 9.57. The lowest BCUT2D eigenvalue weighted by atomic mass is 10.7. The van der Waals surface area contributed by atoms with Gasteiger partial charge in [-0.2, -0.15) is 7.82 Å². The van der Waals surface area contributed by atoms with Crippen LogP contribution in [0.1, 0.15) is 0 Å². The number of nitrogens with two attached hydrogens (primary N) is 2. The standard InChI is InChI=1S/C3H7N3O2.H3O4P/c4-3(5)6-1-2(7)8;1-5(2,3)4/h1H2,(H,7,8)(H4,4,5,6);(H3,1,2,3,4)/p-4. The van der Waals surface area contributed by atoms with E-state index in [2.05, 4.69) is 4.99 Å². The molecule has 0 amide bonds. The second-order valence-corrected chi connectivity index (χ2v) is 2.45. The Labute approximate surface area is 72.9 Å². The number of guanidine groups is 1. The van der Waals surface area contributed by atoms with Crippen molar-refractivity contribution in [3.63, 3.8) is 0 Å². The highest BCUT2D eigenvalue weighted by Crippen LogP contribution is 2.03. The minimum absolute atomic E-state index is 0.241. The number of aliphatic imine (C=N–C) groups is 1. The first-order valence-electron chi connectivity index (χ1n) is 2.61. The summed E-state index contributed by atoms with van der Waals surface area (Å²) in [5.41, 5.74) is 9.55. The van der Waals surface area contributed by atoms with E-state index in [1.165, 1.54) is 0 Å². The molecule has 0 atom stereocenters. The van der Waals surface area contributed by atoms with Crippen molar-refractivity contribution in [3.05, 3.63) is 0 Å². The predicted molar refractivity (Wildman–Crippen MR) is 33.3 cm³/mol. The molecule has 0 spiro atoms. The maximum absolute atomic E-state index is 9.57. The molecule has 0 rings (SSSR count). The van der Waals surface area contributed by atoms with Crippen molar-refractivity contribution in [1.82, 2.24) is 0 Å². The van der Waals surface area contributed by atoms with Crippen LogP contribution in [0.2, 0.25) is 0 Å². The molecule has 0 radical (unpaired) electrons. The zero-order valence-electron chi connectivity index (χ0n) is 6.21. The number of carboxylic acids is 1. The monoisotopic (exact) mass is 211 g/mol. The van der Waals surface area contributed by atoms with Crippen LogP contribution in [-0.4, -0.2) is 18.5 Å². The van der Waals surface area contributed by atoms with Crippen molar-refractivity contribution < 1.29 is 29.1 Å². The molecule has 0 fully saturated rings. The van der Waals surface area contributed by atoms with E-state index >= 15 is 0 Å². The molecule has 0 aromatic rings. The number of phosphoric acid groups is 1. The first-order chi connectivity index (χ1) is 5.63. The molecule has 0 aromatic heterocycles. The number of rotatable bonds is 2. The smallest absolute Gasteiger partial charge is 0.186 e. The Bertz CT molecular complexity index is 221. The van der Waals surface area contributed by atoms with Gasteiger partial charge in [0.1, 0.15) is 0 Å². The number of nitrogens with zero attached hydrogens (tertiary/aromatic N) is 1. The second-order valence-electron chi connectivity index (χ2n) is 1.56. The van der Waals surface area contributed by atoms with E-state index in [-0.39, 0.29) is 5.96 Å². The van der Waals surface area contributed by atoms with Crippen LogP contribution in [0.15, 0.2) is 4.99 Å². The molecule has 78 valence electrons. The van der Waals surface area contributed by atoms with E-state index in [0.29, 0.717) is 0 Å². The van der Waals surface area contributed by atoms with E-state index < -0.39 is 20.3 Å². The Balaban J connectivity index is 0. The van der Waals surface area contributed by atoms with Gasteiger partial charge in [-0.05, 0) is 0 Å². The largest absolute Gasteiger partial charge is 0.822 e. The van der Waals surface area contributed by atoms with Crippen LogP contribution in [0.5, 0.6) is 0 Å². The lowest BCUT2D eigenvalue weighted by Crippen LogP contribution is -2.29. The highest BCUT2D eigenvalue weighted by atomic mass is 31.2. The summed E-state index contributed by atoms with van der Waals surface area (Å²) in [7, 11) is -5.39. The van der Waals surface area contributed by atoms with E-state index in [1.54, 1.807) is 0 Å². The van der Waals surface area contributed by atoms with Gasteiger partial charge in [-0.1, -0.05) is 0 Å².